The molecule has 0 aliphatic carbocycles. The molecule has 0 spiro atoms. The molecule has 9 heteroatoms. The number of hydrogen-bond donors (Lipinski definition) is 0. The third-order valence-corrected chi connectivity index (χ3v) is 6.60. The molecule has 8 nitrogen and oxygen atoms in total. The van der Waals surface area contributed by atoms with Crippen molar-refractivity contribution in [2.45, 2.75) is 24.5 Å². The SMILES string of the molecule is CC(=O)c1cccc(S(=O)(=O)N2CC(n3cc(COc4ccccc4)nn3)C2)c1. The first kappa shape index (κ1) is 19.3. The molecule has 0 atom stereocenters. The summed E-state index contributed by atoms with van der Waals surface area (Å²) in [5, 5.41) is 8.19. The van der Waals surface area contributed by atoms with Gasteiger partial charge in [-0.25, -0.2) is 13.1 Å². The Morgan fingerprint density at radius 2 is 1.90 bits per heavy atom. The Morgan fingerprint density at radius 1 is 1.14 bits per heavy atom. The number of ether oxygens (including phenoxy) is 1. The smallest absolute Gasteiger partial charge is 0.243 e. The summed E-state index contributed by atoms with van der Waals surface area (Å²) < 4.78 is 34.3. The third-order valence-electron chi connectivity index (χ3n) is 4.77. The minimum Gasteiger partial charge on any atom is -0.487 e. The fraction of sp³-hybridized carbons (Fsp3) is 0.250. The highest BCUT2D eigenvalue weighted by Crippen LogP contribution is 2.28. The highest BCUT2D eigenvalue weighted by atomic mass is 32.2. The van der Waals surface area contributed by atoms with Gasteiger partial charge in [0, 0.05) is 18.7 Å². The van der Waals surface area contributed by atoms with E-state index >= 15 is 0 Å². The highest BCUT2D eigenvalue weighted by molar-refractivity contribution is 7.89. The van der Waals surface area contributed by atoms with Crippen molar-refractivity contribution >= 4 is 15.8 Å². The summed E-state index contributed by atoms with van der Waals surface area (Å²) in [6.07, 6.45) is 1.77. The second kappa shape index (κ2) is 7.76. The largest absolute Gasteiger partial charge is 0.487 e. The molecule has 3 aromatic rings. The maximum atomic E-state index is 12.8. The lowest BCUT2D eigenvalue weighted by Gasteiger charge is -2.37. The molecule has 0 bridgehead atoms. The number of Topliss-reactive ketones (excluding diaryl/α,β-unsaturated/α-hetero) is 1. The number of hydrogen-bond acceptors (Lipinski definition) is 6. The third kappa shape index (κ3) is 4.06. The molecule has 1 saturated heterocycles. The van der Waals surface area contributed by atoms with Gasteiger partial charge in [-0.2, -0.15) is 4.31 Å². The van der Waals surface area contributed by atoms with Gasteiger partial charge in [0.15, 0.2) is 5.78 Å². The zero-order chi connectivity index (χ0) is 20.4. The molecule has 0 unspecified atom stereocenters. The van der Waals surface area contributed by atoms with Gasteiger partial charge in [-0.15, -0.1) is 5.10 Å². The number of para-hydroxylation sites is 1. The van der Waals surface area contributed by atoms with Crippen LogP contribution in [0.3, 0.4) is 0 Å². The summed E-state index contributed by atoms with van der Waals surface area (Å²) in [6.45, 7) is 2.30. The standard InChI is InChI=1S/C20H20N4O4S/c1-15(25)16-6-5-9-20(10-16)29(26,27)23-12-18(13-23)24-11-17(21-22-24)14-28-19-7-3-2-4-8-19/h2-11,18H,12-14H2,1H3. The van der Waals surface area contributed by atoms with Crippen LogP contribution in [-0.4, -0.2) is 46.6 Å². The molecule has 150 valence electrons. The first-order valence-electron chi connectivity index (χ1n) is 9.13. The highest BCUT2D eigenvalue weighted by Gasteiger charge is 2.38. The molecule has 0 N–H and O–H groups in total. The Bertz CT molecular complexity index is 1120. The Morgan fingerprint density at radius 3 is 2.62 bits per heavy atom. The van der Waals surface area contributed by atoms with E-state index < -0.39 is 10.0 Å². The number of aromatic nitrogens is 3. The van der Waals surface area contributed by atoms with Crippen LogP contribution in [0, 0.1) is 0 Å². The molecular formula is C20H20N4O4S. The maximum absolute atomic E-state index is 12.8. The monoisotopic (exact) mass is 412 g/mol. The number of nitrogens with zero attached hydrogens (tertiary/aromatic N) is 4. The van der Waals surface area contributed by atoms with Gasteiger partial charge in [0.2, 0.25) is 10.0 Å². The number of rotatable bonds is 7. The van der Waals surface area contributed by atoms with Crippen molar-refractivity contribution in [3.63, 3.8) is 0 Å². The lowest BCUT2D eigenvalue weighted by atomic mass is 10.2. The van der Waals surface area contributed by atoms with Crippen LogP contribution in [0.2, 0.25) is 0 Å². The zero-order valence-corrected chi connectivity index (χ0v) is 16.6. The van der Waals surface area contributed by atoms with E-state index in [1.165, 1.54) is 23.4 Å². The topological polar surface area (TPSA) is 94.4 Å². The van der Waals surface area contributed by atoms with E-state index in [9.17, 15) is 13.2 Å². The summed E-state index contributed by atoms with van der Waals surface area (Å²) in [7, 11) is -3.64. The summed E-state index contributed by atoms with van der Waals surface area (Å²) >= 11 is 0. The van der Waals surface area contributed by atoms with Crippen LogP contribution in [0.4, 0.5) is 0 Å². The molecule has 4 rings (SSSR count). The van der Waals surface area contributed by atoms with Crippen molar-refractivity contribution in [2.75, 3.05) is 13.1 Å². The molecule has 1 aromatic heterocycles. The van der Waals surface area contributed by atoms with E-state index in [1.807, 2.05) is 30.3 Å². The molecule has 1 fully saturated rings. The van der Waals surface area contributed by atoms with Crippen molar-refractivity contribution in [3.05, 3.63) is 72.1 Å². The van der Waals surface area contributed by atoms with Crippen LogP contribution in [0.5, 0.6) is 5.75 Å². The van der Waals surface area contributed by atoms with E-state index in [0.29, 0.717) is 24.3 Å². The Kier molecular flexibility index (Phi) is 5.16. The Hall–Kier alpha value is -3.04. The molecular weight excluding hydrogens is 392 g/mol. The molecule has 1 aliphatic heterocycles. The Labute approximate surface area is 168 Å². The normalized spacial score (nSPS) is 15.1. The zero-order valence-electron chi connectivity index (χ0n) is 15.8. The van der Waals surface area contributed by atoms with Crippen LogP contribution in [-0.2, 0) is 16.6 Å². The first-order valence-corrected chi connectivity index (χ1v) is 10.6. The lowest BCUT2D eigenvalue weighted by Crippen LogP contribution is -2.50. The summed E-state index contributed by atoms with van der Waals surface area (Å²) in [6, 6.07) is 15.4. The molecule has 29 heavy (non-hydrogen) atoms. The van der Waals surface area contributed by atoms with E-state index in [0.717, 1.165) is 5.75 Å². The molecule has 1 aliphatic rings. The molecule has 2 aromatic carbocycles. The van der Waals surface area contributed by atoms with E-state index in [4.69, 9.17) is 4.74 Å². The molecule has 0 radical (unpaired) electrons. The molecule has 0 amide bonds. The average molecular weight is 412 g/mol. The van der Waals surface area contributed by atoms with Gasteiger partial charge in [-0.1, -0.05) is 35.5 Å². The van der Waals surface area contributed by atoms with E-state index in [1.54, 1.807) is 23.0 Å². The quantitative estimate of drug-likeness (QED) is 0.553. The van der Waals surface area contributed by atoms with Gasteiger partial charge in [0.1, 0.15) is 18.1 Å². The van der Waals surface area contributed by atoms with Gasteiger partial charge in [-0.3, -0.25) is 4.79 Å². The molecule has 2 heterocycles. The minimum absolute atomic E-state index is 0.0845. The number of carbonyl (C=O) groups is 1. The van der Waals surface area contributed by atoms with Crippen molar-refractivity contribution < 1.29 is 17.9 Å². The van der Waals surface area contributed by atoms with Crippen LogP contribution < -0.4 is 4.74 Å². The van der Waals surface area contributed by atoms with Gasteiger partial charge in [-0.05, 0) is 31.2 Å². The van der Waals surface area contributed by atoms with Crippen molar-refractivity contribution in [1.29, 1.82) is 0 Å². The summed E-state index contributed by atoms with van der Waals surface area (Å²) in [4.78, 5) is 11.6. The first-order chi connectivity index (χ1) is 13.9. The molecule has 0 saturated carbocycles. The van der Waals surface area contributed by atoms with Crippen LogP contribution in [0.25, 0.3) is 0 Å². The predicted octanol–water partition coefficient (Wildman–Crippen LogP) is 2.31. The number of sulfonamides is 1. The van der Waals surface area contributed by atoms with Crippen LogP contribution in [0.15, 0.2) is 65.7 Å². The van der Waals surface area contributed by atoms with Gasteiger partial charge >= 0.3 is 0 Å². The lowest BCUT2D eigenvalue weighted by molar-refractivity contribution is 0.101. The van der Waals surface area contributed by atoms with Crippen LogP contribution in [0.1, 0.15) is 29.0 Å². The minimum atomic E-state index is -3.64. The van der Waals surface area contributed by atoms with E-state index in [2.05, 4.69) is 10.3 Å². The Balaban J connectivity index is 1.38. The second-order valence-corrected chi connectivity index (χ2v) is 8.79. The number of ketones is 1. The number of carbonyl (C=O) groups excluding carboxylic acids is 1. The van der Waals surface area contributed by atoms with Crippen LogP contribution >= 0.6 is 0 Å². The van der Waals surface area contributed by atoms with Crippen molar-refractivity contribution in [2.24, 2.45) is 0 Å². The summed E-state index contributed by atoms with van der Waals surface area (Å²) in [5.74, 6) is 0.576. The fourth-order valence-electron chi connectivity index (χ4n) is 3.04. The summed E-state index contributed by atoms with van der Waals surface area (Å²) in [5.41, 5.74) is 1.05. The van der Waals surface area contributed by atoms with Crippen molar-refractivity contribution in [3.8, 4) is 5.75 Å². The van der Waals surface area contributed by atoms with Crippen molar-refractivity contribution in [1.82, 2.24) is 19.3 Å². The number of benzene rings is 2. The van der Waals surface area contributed by atoms with Gasteiger partial charge in [0.05, 0.1) is 17.1 Å². The maximum Gasteiger partial charge on any atom is 0.243 e. The van der Waals surface area contributed by atoms with Gasteiger partial charge < -0.3 is 4.74 Å². The average Bonchev–Trinajstić information content (AvgIpc) is 3.14. The van der Waals surface area contributed by atoms with E-state index in [-0.39, 0.29) is 23.3 Å². The van der Waals surface area contributed by atoms with Gasteiger partial charge in [0.25, 0.3) is 0 Å². The predicted molar refractivity (Wildman–Crippen MR) is 105 cm³/mol. The second-order valence-electron chi connectivity index (χ2n) is 6.85. The fourth-order valence-corrected chi connectivity index (χ4v) is 4.60.